The van der Waals surface area contributed by atoms with Crippen molar-refractivity contribution in [2.45, 2.75) is 65.8 Å². The van der Waals surface area contributed by atoms with Gasteiger partial charge in [0, 0.05) is 24.9 Å². The zero-order valence-electron chi connectivity index (χ0n) is 20.6. The van der Waals surface area contributed by atoms with Crippen LogP contribution in [0.5, 0.6) is 0 Å². The molecular formula is C26H36N2O5S. The van der Waals surface area contributed by atoms with Crippen LogP contribution in [0.4, 0.5) is 5.69 Å². The lowest BCUT2D eigenvalue weighted by molar-refractivity contribution is -0.139. The van der Waals surface area contributed by atoms with Crippen molar-refractivity contribution >= 4 is 34.8 Å². The number of hydrogen-bond donors (Lipinski definition) is 1. The van der Waals surface area contributed by atoms with Gasteiger partial charge in [0.2, 0.25) is 11.8 Å². The summed E-state index contributed by atoms with van der Waals surface area (Å²) in [6.45, 7) is 9.86. The molecule has 1 aliphatic heterocycles. The number of morpholine rings is 1. The van der Waals surface area contributed by atoms with Crippen LogP contribution in [0.2, 0.25) is 0 Å². The fourth-order valence-corrected chi connectivity index (χ4v) is 5.45. The Hall–Kier alpha value is -2.37. The largest absolute Gasteiger partial charge is 0.477 e. The van der Waals surface area contributed by atoms with Crippen LogP contribution in [-0.4, -0.2) is 60.1 Å². The molecule has 2 aliphatic rings. The van der Waals surface area contributed by atoms with Crippen LogP contribution < -0.4 is 4.90 Å². The van der Waals surface area contributed by atoms with Crippen molar-refractivity contribution < 1.29 is 24.2 Å². The molecule has 2 fully saturated rings. The molecule has 2 amide bonds. The highest BCUT2D eigenvalue weighted by Gasteiger charge is 2.39. The summed E-state index contributed by atoms with van der Waals surface area (Å²) >= 11 is 1.07. The number of carboxylic acids is 1. The smallest absolute Gasteiger partial charge is 0.348 e. The van der Waals surface area contributed by atoms with Crippen LogP contribution in [0.25, 0.3) is 0 Å². The van der Waals surface area contributed by atoms with Crippen LogP contribution in [-0.2, 0) is 14.3 Å². The molecule has 7 nitrogen and oxygen atoms in total. The van der Waals surface area contributed by atoms with E-state index in [-0.39, 0.29) is 28.5 Å². The highest BCUT2D eigenvalue weighted by molar-refractivity contribution is 7.15. The molecule has 0 bridgehead atoms. The lowest BCUT2D eigenvalue weighted by atomic mass is 9.82. The predicted octanol–water partition coefficient (Wildman–Crippen LogP) is 4.25. The van der Waals surface area contributed by atoms with Gasteiger partial charge < -0.3 is 14.7 Å². The van der Waals surface area contributed by atoms with Crippen LogP contribution in [0.1, 0.15) is 74.3 Å². The third-order valence-corrected chi connectivity index (χ3v) is 7.59. The first-order valence-corrected chi connectivity index (χ1v) is 13.1. The van der Waals surface area contributed by atoms with Gasteiger partial charge in [-0.3, -0.25) is 14.5 Å². The van der Waals surface area contributed by atoms with Crippen LogP contribution in [0.3, 0.4) is 0 Å². The second-order valence-corrected chi connectivity index (χ2v) is 10.6. The molecule has 186 valence electrons. The minimum absolute atomic E-state index is 0.0545. The number of carbonyl (C=O) groups excluding carboxylic acids is 2. The van der Waals surface area contributed by atoms with Crippen LogP contribution in [0, 0.1) is 29.6 Å². The molecule has 1 aromatic heterocycles. The van der Waals surface area contributed by atoms with Gasteiger partial charge in [-0.15, -0.1) is 11.3 Å². The van der Waals surface area contributed by atoms with Crippen molar-refractivity contribution in [3.8, 4) is 11.8 Å². The summed E-state index contributed by atoms with van der Waals surface area (Å²) in [6.07, 6.45) is 3.82. The summed E-state index contributed by atoms with van der Waals surface area (Å²) in [7, 11) is 0. The van der Waals surface area contributed by atoms with Gasteiger partial charge in [-0.25, -0.2) is 4.79 Å². The van der Waals surface area contributed by atoms with Gasteiger partial charge >= 0.3 is 5.97 Å². The first-order valence-electron chi connectivity index (χ1n) is 12.3. The number of thiophene rings is 1. The van der Waals surface area contributed by atoms with Gasteiger partial charge in [0.15, 0.2) is 0 Å². The highest BCUT2D eigenvalue weighted by Crippen LogP contribution is 2.37. The maximum atomic E-state index is 13.9. The number of aromatic carboxylic acids is 1. The number of carbonyl (C=O) groups is 3. The minimum Gasteiger partial charge on any atom is -0.477 e. The molecule has 0 unspecified atom stereocenters. The van der Waals surface area contributed by atoms with E-state index in [1.54, 1.807) is 11.0 Å². The number of anilines is 1. The number of hydrogen-bond acceptors (Lipinski definition) is 5. The highest BCUT2D eigenvalue weighted by atomic mass is 32.1. The Bertz CT molecular complexity index is 946. The third kappa shape index (κ3) is 6.19. The molecule has 1 atom stereocenters. The number of amides is 2. The summed E-state index contributed by atoms with van der Waals surface area (Å²) in [4.78, 5) is 43.6. The summed E-state index contributed by atoms with van der Waals surface area (Å²) in [5.41, 5.74) is 0.294. The number of nitrogens with zero attached hydrogens (tertiary/aromatic N) is 2. The van der Waals surface area contributed by atoms with E-state index in [0.717, 1.165) is 37.0 Å². The molecule has 1 aromatic rings. The standard InChI is InChI=1S/C26H36N2O5S/c1-5-21(25(30)27-12-14-33-15-13-27)28(24(29)19-9-7-18(4)8-10-19)22-16-20(11-6-17(2)3)34-23(22)26(31)32/h16-19,21H,5,7-10,12-15H2,1-4H3,(H,31,32)/t18-,19-,21-/m0/s1. The van der Waals surface area contributed by atoms with Gasteiger partial charge in [0.1, 0.15) is 10.9 Å². The Morgan fingerprint density at radius 3 is 2.41 bits per heavy atom. The lowest BCUT2D eigenvalue weighted by Crippen LogP contribution is -2.55. The first-order chi connectivity index (χ1) is 16.2. The molecule has 34 heavy (non-hydrogen) atoms. The van der Waals surface area contributed by atoms with E-state index >= 15 is 0 Å². The van der Waals surface area contributed by atoms with Gasteiger partial charge in [-0.2, -0.15) is 0 Å². The maximum Gasteiger partial charge on any atom is 0.348 e. The van der Waals surface area contributed by atoms with Crippen molar-refractivity contribution in [3.05, 3.63) is 15.8 Å². The topological polar surface area (TPSA) is 87.2 Å². The molecule has 2 heterocycles. The predicted molar refractivity (Wildman–Crippen MR) is 133 cm³/mol. The zero-order chi connectivity index (χ0) is 24.8. The Balaban J connectivity index is 2.05. The van der Waals surface area contributed by atoms with Crippen molar-refractivity contribution in [2.75, 3.05) is 31.2 Å². The van der Waals surface area contributed by atoms with Gasteiger partial charge in [-0.05, 0) is 44.1 Å². The van der Waals surface area contributed by atoms with E-state index < -0.39 is 12.0 Å². The van der Waals surface area contributed by atoms with E-state index in [1.165, 1.54) is 4.90 Å². The minimum atomic E-state index is -1.11. The lowest BCUT2D eigenvalue weighted by Gasteiger charge is -2.38. The van der Waals surface area contributed by atoms with Gasteiger partial charge in [0.25, 0.3) is 0 Å². The fraction of sp³-hybridized carbons (Fsp3) is 0.654. The van der Waals surface area contributed by atoms with Crippen molar-refractivity contribution in [3.63, 3.8) is 0 Å². The molecule has 3 rings (SSSR count). The molecule has 0 aromatic carbocycles. The summed E-state index contributed by atoms with van der Waals surface area (Å²) < 4.78 is 5.40. The van der Waals surface area contributed by atoms with Crippen molar-refractivity contribution in [1.82, 2.24) is 4.90 Å². The van der Waals surface area contributed by atoms with E-state index in [4.69, 9.17) is 4.74 Å². The van der Waals surface area contributed by atoms with Crippen LogP contribution in [0.15, 0.2) is 6.07 Å². The molecule has 8 heteroatoms. The number of ether oxygens (including phenoxy) is 1. The Morgan fingerprint density at radius 2 is 1.85 bits per heavy atom. The summed E-state index contributed by atoms with van der Waals surface area (Å²) in [5.74, 6) is 5.19. The quantitative estimate of drug-likeness (QED) is 0.605. The van der Waals surface area contributed by atoms with Gasteiger partial charge in [-0.1, -0.05) is 39.5 Å². The molecular weight excluding hydrogens is 452 g/mol. The van der Waals surface area contributed by atoms with Crippen molar-refractivity contribution in [2.24, 2.45) is 17.8 Å². The summed E-state index contributed by atoms with van der Waals surface area (Å²) in [5, 5.41) is 9.99. The molecule has 1 saturated carbocycles. The first kappa shape index (κ1) is 26.2. The Morgan fingerprint density at radius 1 is 1.21 bits per heavy atom. The Labute approximate surface area is 206 Å². The van der Waals surface area contributed by atoms with E-state index in [2.05, 4.69) is 18.8 Å². The summed E-state index contributed by atoms with van der Waals surface area (Å²) in [6, 6.07) is 0.922. The second-order valence-electron chi connectivity index (χ2n) is 9.58. The van der Waals surface area contributed by atoms with E-state index in [1.807, 2.05) is 20.8 Å². The zero-order valence-corrected chi connectivity index (χ0v) is 21.5. The molecule has 1 saturated heterocycles. The monoisotopic (exact) mass is 488 g/mol. The van der Waals surface area contributed by atoms with E-state index in [0.29, 0.717) is 49.2 Å². The number of carboxylic acid groups (broad SMARTS) is 1. The van der Waals surface area contributed by atoms with Gasteiger partial charge in [0.05, 0.1) is 23.8 Å². The molecule has 0 radical (unpaired) electrons. The maximum absolute atomic E-state index is 13.9. The van der Waals surface area contributed by atoms with E-state index in [9.17, 15) is 19.5 Å². The number of rotatable bonds is 6. The third-order valence-electron chi connectivity index (χ3n) is 6.56. The SMILES string of the molecule is CC[C@@H](C(=O)N1CCOCC1)N(c1cc(C#CC(C)C)sc1C(=O)O)C(=O)[C@H]1CC[C@H](C)CC1. The molecule has 1 N–H and O–H groups in total. The molecule has 1 aliphatic carbocycles. The van der Waals surface area contributed by atoms with Crippen LogP contribution >= 0.6 is 11.3 Å². The normalized spacial score (nSPS) is 21.5. The second kappa shape index (κ2) is 11.9. The van der Waals surface area contributed by atoms with Crippen molar-refractivity contribution in [1.29, 1.82) is 0 Å². The molecule has 0 spiro atoms. The average Bonchev–Trinajstić information content (AvgIpc) is 3.25. The Kier molecular flexibility index (Phi) is 9.15. The average molecular weight is 489 g/mol. The fourth-order valence-electron chi connectivity index (χ4n) is 4.60.